The van der Waals surface area contributed by atoms with Crippen molar-refractivity contribution in [1.82, 2.24) is 5.32 Å². The maximum absolute atomic E-state index is 13.9. The summed E-state index contributed by atoms with van der Waals surface area (Å²) >= 11 is 0. The Morgan fingerprint density at radius 2 is 1.77 bits per heavy atom. The number of carbonyl (C=O) groups is 1. The number of hydrogen-bond donors (Lipinski definition) is 2. The highest BCUT2D eigenvalue weighted by Gasteiger charge is 2.35. The Hall–Kier alpha value is -1.42. The highest BCUT2D eigenvalue weighted by molar-refractivity contribution is 5.87. The molecule has 0 fully saturated rings. The Morgan fingerprint density at radius 3 is 2.27 bits per heavy atom. The summed E-state index contributed by atoms with van der Waals surface area (Å²) in [6.07, 6.45) is -0.524. The van der Waals surface area contributed by atoms with Crippen molar-refractivity contribution in [2.24, 2.45) is 11.3 Å². The van der Waals surface area contributed by atoms with Crippen LogP contribution in [0.3, 0.4) is 0 Å². The van der Waals surface area contributed by atoms with Gasteiger partial charge in [0.15, 0.2) is 0 Å². The average molecular weight is 309 g/mol. The van der Waals surface area contributed by atoms with Gasteiger partial charge in [-0.25, -0.2) is 4.39 Å². The molecule has 124 valence electrons. The second kappa shape index (κ2) is 6.78. The summed E-state index contributed by atoms with van der Waals surface area (Å²) in [5.74, 6) is -0.530. The topological polar surface area (TPSA) is 49.3 Å². The molecule has 0 radical (unpaired) electrons. The van der Waals surface area contributed by atoms with Crippen molar-refractivity contribution >= 4 is 5.91 Å². The minimum Gasteiger partial charge on any atom is -0.392 e. The molecule has 1 amide bonds. The summed E-state index contributed by atoms with van der Waals surface area (Å²) in [6.45, 7) is 11.4. The zero-order valence-corrected chi connectivity index (χ0v) is 14.4. The molecule has 1 unspecified atom stereocenters. The smallest absolute Gasteiger partial charge is 0.230 e. The van der Waals surface area contributed by atoms with Crippen LogP contribution in [0.5, 0.6) is 0 Å². The summed E-state index contributed by atoms with van der Waals surface area (Å²) in [5.41, 5.74) is -1.05. The van der Waals surface area contributed by atoms with Crippen LogP contribution in [0.1, 0.15) is 47.1 Å². The van der Waals surface area contributed by atoms with Gasteiger partial charge < -0.3 is 10.4 Å². The van der Waals surface area contributed by atoms with Crippen LogP contribution in [0, 0.1) is 17.2 Å². The van der Waals surface area contributed by atoms with Gasteiger partial charge in [0.1, 0.15) is 5.82 Å². The van der Waals surface area contributed by atoms with Crippen LogP contribution in [0.15, 0.2) is 24.3 Å². The van der Waals surface area contributed by atoms with E-state index < -0.39 is 16.9 Å². The second-order valence-corrected chi connectivity index (χ2v) is 7.46. The first kappa shape index (κ1) is 18.6. The van der Waals surface area contributed by atoms with Gasteiger partial charge in [-0.3, -0.25) is 4.79 Å². The summed E-state index contributed by atoms with van der Waals surface area (Å²) in [4.78, 5) is 12.5. The highest BCUT2D eigenvalue weighted by Crippen LogP contribution is 2.28. The number of carbonyl (C=O) groups excluding carboxylic acids is 1. The van der Waals surface area contributed by atoms with E-state index in [1.807, 2.05) is 27.7 Å². The van der Waals surface area contributed by atoms with Gasteiger partial charge in [-0.1, -0.05) is 45.9 Å². The maximum atomic E-state index is 13.9. The number of halogens is 1. The van der Waals surface area contributed by atoms with Crippen molar-refractivity contribution in [3.05, 3.63) is 35.6 Å². The van der Waals surface area contributed by atoms with Crippen LogP contribution in [0.2, 0.25) is 0 Å². The predicted octanol–water partition coefficient (Wildman–Crippen LogP) is 3.26. The molecule has 4 heteroatoms. The number of rotatable bonds is 6. The van der Waals surface area contributed by atoms with E-state index in [2.05, 4.69) is 5.32 Å². The molecule has 1 rings (SSSR count). The third-order valence-electron chi connectivity index (χ3n) is 4.25. The lowest BCUT2D eigenvalue weighted by atomic mass is 9.79. The molecule has 0 saturated carbocycles. The molecule has 0 aliphatic carbocycles. The van der Waals surface area contributed by atoms with Gasteiger partial charge >= 0.3 is 0 Å². The Kier molecular flexibility index (Phi) is 5.74. The molecular formula is C18H28FNO2. The molecule has 2 N–H and O–H groups in total. The SMILES string of the molecule is CC(C)C(O)C(C)(C)CNC(=O)C(C)(C)c1ccccc1F. The molecule has 0 saturated heterocycles. The Balaban J connectivity index is 2.83. The number of hydrogen-bond acceptors (Lipinski definition) is 2. The predicted molar refractivity (Wildman–Crippen MR) is 87.1 cm³/mol. The molecule has 0 aliphatic rings. The van der Waals surface area contributed by atoms with Crippen LogP contribution in [0.4, 0.5) is 4.39 Å². The number of aliphatic hydroxyl groups excluding tert-OH is 1. The quantitative estimate of drug-likeness (QED) is 0.847. The average Bonchev–Trinajstić information content (AvgIpc) is 2.43. The minimum atomic E-state index is -0.968. The number of amides is 1. The maximum Gasteiger partial charge on any atom is 0.230 e. The van der Waals surface area contributed by atoms with Crippen LogP contribution in [0.25, 0.3) is 0 Å². The zero-order valence-electron chi connectivity index (χ0n) is 14.4. The number of benzene rings is 1. The zero-order chi connectivity index (χ0) is 17.1. The van der Waals surface area contributed by atoms with Gasteiger partial charge in [-0.15, -0.1) is 0 Å². The summed E-state index contributed by atoms with van der Waals surface area (Å²) in [5, 5.41) is 13.1. The number of aliphatic hydroxyl groups is 1. The summed E-state index contributed by atoms with van der Waals surface area (Å²) < 4.78 is 13.9. The van der Waals surface area contributed by atoms with E-state index in [1.54, 1.807) is 32.0 Å². The van der Waals surface area contributed by atoms with E-state index in [0.29, 0.717) is 12.1 Å². The van der Waals surface area contributed by atoms with Crippen molar-refractivity contribution in [2.75, 3.05) is 6.54 Å². The lowest BCUT2D eigenvalue weighted by Crippen LogP contribution is -2.48. The van der Waals surface area contributed by atoms with E-state index >= 15 is 0 Å². The first-order valence-corrected chi connectivity index (χ1v) is 7.71. The molecule has 0 bridgehead atoms. The third kappa shape index (κ3) is 4.07. The second-order valence-electron chi connectivity index (χ2n) is 7.46. The van der Waals surface area contributed by atoms with Crippen molar-refractivity contribution in [2.45, 2.75) is 53.1 Å². The molecule has 1 atom stereocenters. The fourth-order valence-electron chi connectivity index (χ4n) is 2.63. The minimum absolute atomic E-state index is 0.103. The Morgan fingerprint density at radius 1 is 1.23 bits per heavy atom. The fraction of sp³-hybridized carbons (Fsp3) is 0.611. The van der Waals surface area contributed by atoms with Gasteiger partial charge in [0.25, 0.3) is 0 Å². The molecular weight excluding hydrogens is 281 g/mol. The molecule has 3 nitrogen and oxygen atoms in total. The summed E-state index contributed by atoms with van der Waals surface area (Å²) in [7, 11) is 0. The summed E-state index contributed by atoms with van der Waals surface area (Å²) in [6, 6.07) is 6.31. The Bertz CT molecular complexity index is 524. The first-order valence-electron chi connectivity index (χ1n) is 7.71. The van der Waals surface area contributed by atoms with Gasteiger partial charge in [-0.05, 0) is 25.8 Å². The van der Waals surface area contributed by atoms with Crippen LogP contribution in [-0.4, -0.2) is 23.7 Å². The normalized spacial score (nSPS) is 14.0. The van der Waals surface area contributed by atoms with Crippen molar-refractivity contribution in [1.29, 1.82) is 0 Å². The molecule has 0 aliphatic heterocycles. The van der Waals surface area contributed by atoms with E-state index in [-0.39, 0.29) is 17.6 Å². The van der Waals surface area contributed by atoms with E-state index in [1.165, 1.54) is 6.07 Å². The third-order valence-corrected chi connectivity index (χ3v) is 4.25. The standard InChI is InChI=1S/C18H28FNO2/c1-12(2)15(21)17(3,4)11-20-16(22)18(5,6)13-9-7-8-10-14(13)19/h7-10,12,15,21H,11H2,1-6H3,(H,20,22). The fourth-order valence-corrected chi connectivity index (χ4v) is 2.63. The highest BCUT2D eigenvalue weighted by atomic mass is 19.1. The van der Waals surface area contributed by atoms with Crippen LogP contribution >= 0.6 is 0 Å². The van der Waals surface area contributed by atoms with Gasteiger partial charge in [0.05, 0.1) is 11.5 Å². The number of nitrogens with one attached hydrogen (secondary N) is 1. The van der Waals surface area contributed by atoms with Crippen molar-refractivity contribution in [3.8, 4) is 0 Å². The van der Waals surface area contributed by atoms with E-state index in [0.717, 1.165) is 0 Å². The molecule has 0 spiro atoms. The lowest BCUT2D eigenvalue weighted by Gasteiger charge is -2.34. The van der Waals surface area contributed by atoms with E-state index in [9.17, 15) is 14.3 Å². The van der Waals surface area contributed by atoms with Gasteiger partial charge in [0.2, 0.25) is 5.91 Å². The van der Waals surface area contributed by atoms with Crippen LogP contribution < -0.4 is 5.32 Å². The Labute approximate surface area is 132 Å². The van der Waals surface area contributed by atoms with Crippen molar-refractivity contribution < 1.29 is 14.3 Å². The molecule has 0 aromatic heterocycles. The molecule has 22 heavy (non-hydrogen) atoms. The molecule has 1 aromatic carbocycles. The van der Waals surface area contributed by atoms with Crippen molar-refractivity contribution in [3.63, 3.8) is 0 Å². The lowest BCUT2D eigenvalue weighted by molar-refractivity contribution is -0.126. The largest absolute Gasteiger partial charge is 0.392 e. The monoisotopic (exact) mass is 309 g/mol. The molecule has 0 heterocycles. The van der Waals surface area contributed by atoms with E-state index in [4.69, 9.17) is 0 Å². The first-order chi connectivity index (χ1) is 10.00. The van der Waals surface area contributed by atoms with Gasteiger partial charge in [-0.2, -0.15) is 0 Å². The van der Waals surface area contributed by atoms with Gasteiger partial charge in [0, 0.05) is 17.5 Å². The van der Waals surface area contributed by atoms with Crippen LogP contribution in [-0.2, 0) is 10.2 Å². The molecule has 1 aromatic rings.